The first-order chi connectivity index (χ1) is 13.2. The number of carbonyl (C=O) groups is 2. The van der Waals surface area contributed by atoms with Gasteiger partial charge in [-0.15, -0.1) is 0 Å². The first kappa shape index (κ1) is 19.8. The van der Waals surface area contributed by atoms with Crippen molar-refractivity contribution in [2.75, 3.05) is 44.7 Å². The van der Waals surface area contributed by atoms with E-state index in [1.165, 1.54) is 0 Å². The number of nitrogens with zero attached hydrogens (tertiary/aromatic N) is 1. The summed E-state index contributed by atoms with van der Waals surface area (Å²) in [4.78, 5) is 26.6. The van der Waals surface area contributed by atoms with Gasteiger partial charge in [0.15, 0.2) is 0 Å². The molecule has 2 aliphatic heterocycles. The normalized spacial score (nSPS) is 20.8. The van der Waals surface area contributed by atoms with Crippen molar-refractivity contribution in [1.82, 2.24) is 15.5 Å². The topological polar surface area (TPSA) is 82.7 Å². The summed E-state index contributed by atoms with van der Waals surface area (Å²) in [5.74, 6) is 0.0590. The highest BCUT2D eigenvalue weighted by Crippen LogP contribution is 2.12. The Balaban J connectivity index is 1.42. The third kappa shape index (κ3) is 6.61. The van der Waals surface area contributed by atoms with Gasteiger partial charge in [-0.1, -0.05) is 18.6 Å². The molecule has 0 spiro atoms. The van der Waals surface area contributed by atoms with E-state index < -0.39 is 0 Å². The van der Waals surface area contributed by atoms with Gasteiger partial charge in [-0.05, 0) is 37.1 Å². The third-order valence-corrected chi connectivity index (χ3v) is 5.06. The predicted octanol–water partition coefficient (Wildman–Crippen LogP) is 1.11. The molecule has 2 aliphatic rings. The summed E-state index contributed by atoms with van der Waals surface area (Å²) in [6.45, 7) is 5.38. The Kier molecular flexibility index (Phi) is 7.62. The smallest absolute Gasteiger partial charge is 0.237 e. The second-order valence-corrected chi connectivity index (χ2v) is 7.17. The van der Waals surface area contributed by atoms with Crippen molar-refractivity contribution in [2.24, 2.45) is 0 Å². The number of piperidine rings is 1. The molecule has 0 aliphatic carbocycles. The molecule has 148 valence electrons. The molecule has 0 radical (unpaired) electrons. The number of anilines is 1. The van der Waals surface area contributed by atoms with Crippen LogP contribution in [-0.2, 0) is 20.9 Å². The summed E-state index contributed by atoms with van der Waals surface area (Å²) in [7, 11) is 0. The summed E-state index contributed by atoms with van der Waals surface area (Å²) in [6.07, 6.45) is 3.59. The second-order valence-electron chi connectivity index (χ2n) is 7.17. The van der Waals surface area contributed by atoms with Crippen molar-refractivity contribution in [3.05, 3.63) is 29.8 Å². The molecular formula is C20H30N4O3. The minimum Gasteiger partial charge on any atom is -0.379 e. The molecule has 1 atom stereocenters. The van der Waals surface area contributed by atoms with Crippen LogP contribution in [0.1, 0.15) is 31.2 Å². The third-order valence-electron chi connectivity index (χ3n) is 5.06. The molecule has 0 bridgehead atoms. The van der Waals surface area contributed by atoms with E-state index in [2.05, 4.69) is 20.9 Å². The minimum atomic E-state index is -0.0816. The fourth-order valence-corrected chi connectivity index (χ4v) is 3.45. The van der Waals surface area contributed by atoms with Gasteiger partial charge in [0.1, 0.15) is 0 Å². The lowest BCUT2D eigenvalue weighted by Gasteiger charge is -2.26. The molecule has 1 aromatic rings. The van der Waals surface area contributed by atoms with E-state index in [1.54, 1.807) is 0 Å². The fraction of sp³-hybridized carbons (Fsp3) is 0.600. The van der Waals surface area contributed by atoms with Gasteiger partial charge in [-0.25, -0.2) is 0 Å². The van der Waals surface area contributed by atoms with Crippen molar-refractivity contribution in [2.45, 2.75) is 38.3 Å². The molecule has 2 amide bonds. The van der Waals surface area contributed by atoms with Crippen molar-refractivity contribution < 1.29 is 14.3 Å². The Morgan fingerprint density at radius 1 is 1.22 bits per heavy atom. The molecule has 2 heterocycles. The van der Waals surface area contributed by atoms with E-state index in [9.17, 15) is 9.59 Å². The zero-order valence-electron chi connectivity index (χ0n) is 15.8. The first-order valence-corrected chi connectivity index (χ1v) is 9.91. The number of hydrogen-bond donors (Lipinski definition) is 3. The zero-order chi connectivity index (χ0) is 18.9. The number of ether oxygens (including phenoxy) is 1. The van der Waals surface area contributed by atoms with Gasteiger partial charge in [0.25, 0.3) is 0 Å². The second kappa shape index (κ2) is 10.4. The Bertz CT molecular complexity index is 625. The highest BCUT2D eigenvalue weighted by Gasteiger charge is 2.19. The maximum Gasteiger partial charge on any atom is 0.237 e. The molecule has 1 unspecified atom stereocenters. The summed E-state index contributed by atoms with van der Waals surface area (Å²) in [6, 6.07) is 7.57. The van der Waals surface area contributed by atoms with Gasteiger partial charge in [0, 0.05) is 38.3 Å². The minimum absolute atomic E-state index is 0.00841. The Labute approximate surface area is 160 Å². The van der Waals surface area contributed by atoms with Crippen LogP contribution in [0.4, 0.5) is 5.69 Å². The maximum atomic E-state index is 12.2. The predicted molar refractivity (Wildman–Crippen MR) is 104 cm³/mol. The average Bonchev–Trinajstić information content (AvgIpc) is 2.72. The number of benzene rings is 1. The van der Waals surface area contributed by atoms with Crippen LogP contribution < -0.4 is 16.0 Å². The van der Waals surface area contributed by atoms with E-state index in [1.807, 2.05) is 24.3 Å². The Hall–Kier alpha value is -1.96. The van der Waals surface area contributed by atoms with E-state index in [0.717, 1.165) is 69.9 Å². The van der Waals surface area contributed by atoms with E-state index >= 15 is 0 Å². The molecule has 2 fully saturated rings. The van der Waals surface area contributed by atoms with E-state index in [0.29, 0.717) is 13.0 Å². The largest absolute Gasteiger partial charge is 0.379 e. The number of rotatable bonds is 7. The van der Waals surface area contributed by atoms with E-state index in [-0.39, 0.29) is 17.9 Å². The number of hydrogen-bond acceptors (Lipinski definition) is 5. The van der Waals surface area contributed by atoms with E-state index in [4.69, 9.17) is 4.74 Å². The molecule has 1 aromatic carbocycles. The number of amides is 2. The zero-order valence-corrected chi connectivity index (χ0v) is 15.8. The maximum absolute atomic E-state index is 12.2. The highest BCUT2D eigenvalue weighted by molar-refractivity contribution is 5.90. The average molecular weight is 374 g/mol. The van der Waals surface area contributed by atoms with Crippen molar-refractivity contribution in [3.8, 4) is 0 Å². The van der Waals surface area contributed by atoms with Gasteiger partial charge < -0.3 is 20.7 Å². The summed E-state index contributed by atoms with van der Waals surface area (Å²) in [5.41, 5.74) is 1.75. The lowest BCUT2D eigenvalue weighted by molar-refractivity contribution is -0.123. The monoisotopic (exact) mass is 374 g/mol. The summed E-state index contributed by atoms with van der Waals surface area (Å²) in [5, 5.41) is 9.19. The van der Waals surface area contributed by atoms with Gasteiger partial charge in [-0.3, -0.25) is 14.5 Å². The molecular weight excluding hydrogens is 344 g/mol. The van der Waals surface area contributed by atoms with Crippen LogP contribution in [0.5, 0.6) is 0 Å². The summed E-state index contributed by atoms with van der Waals surface area (Å²) >= 11 is 0. The molecule has 0 aromatic heterocycles. The van der Waals surface area contributed by atoms with Crippen LogP contribution in [0, 0.1) is 0 Å². The van der Waals surface area contributed by atoms with Crippen LogP contribution in [0.15, 0.2) is 24.3 Å². The molecule has 7 heteroatoms. The standard InChI is InChI=1S/C20H30N4O3/c25-19(7-9-24-10-12-27-13-11-24)23-17-5-3-4-16(14-17)15-22-20(26)18-6-1-2-8-21-18/h3-5,14,18,21H,1-2,6-13,15H2,(H,22,26)(H,23,25). The fourth-order valence-electron chi connectivity index (χ4n) is 3.45. The van der Waals surface area contributed by atoms with Crippen molar-refractivity contribution >= 4 is 17.5 Å². The van der Waals surface area contributed by atoms with Gasteiger partial charge in [0.05, 0.1) is 19.3 Å². The van der Waals surface area contributed by atoms with Crippen LogP contribution in [-0.4, -0.2) is 62.1 Å². The van der Waals surface area contributed by atoms with Crippen LogP contribution in [0.25, 0.3) is 0 Å². The van der Waals surface area contributed by atoms with Gasteiger partial charge >= 0.3 is 0 Å². The molecule has 7 nitrogen and oxygen atoms in total. The number of nitrogens with one attached hydrogen (secondary N) is 3. The SMILES string of the molecule is O=C(CCN1CCOCC1)Nc1cccc(CNC(=O)C2CCCCN2)c1. The molecule has 0 saturated carbocycles. The lowest BCUT2D eigenvalue weighted by Crippen LogP contribution is -2.46. The summed E-state index contributed by atoms with van der Waals surface area (Å²) < 4.78 is 5.32. The molecule has 27 heavy (non-hydrogen) atoms. The molecule has 3 rings (SSSR count). The van der Waals surface area contributed by atoms with Crippen molar-refractivity contribution in [1.29, 1.82) is 0 Å². The quantitative estimate of drug-likeness (QED) is 0.666. The van der Waals surface area contributed by atoms with Crippen LogP contribution in [0.2, 0.25) is 0 Å². The molecule has 2 saturated heterocycles. The van der Waals surface area contributed by atoms with Crippen LogP contribution >= 0.6 is 0 Å². The van der Waals surface area contributed by atoms with Gasteiger partial charge in [0.2, 0.25) is 11.8 Å². The Morgan fingerprint density at radius 3 is 2.85 bits per heavy atom. The highest BCUT2D eigenvalue weighted by atomic mass is 16.5. The van der Waals surface area contributed by atoms with Crippen molar-refractivity contribution in [3.63, 3.8) is 0 Å². The lowest BCUT2D eigenvalue weighted by atomic mass is 10.0. The Morgan fingerprint density at radius 2 is 2.07 bits per heavy atom. The van der Waals surface area contributed by atoms with Crippen LogP contribution in [0.3, 0.4) is 0 Å². The van der Waals surface area contributed by atoms with Gasteiger partial charge in [-0.2, -0.15) is 0 Å². The number of carbonyl (C=O) groups excluding carboxylic acids is 2. The first-order valence-electron chi connectivity index (χ1n) is 9.91. The molecule has 3 N–H and O–H groups in total. The number of morpholine rings is 1.